The van der Waals surface area contributed by atoms with Gasteiger partial charge in [-0.25, -0.2) is 13.4 Å². The van der Waals surface area contributed by atoms with Crippen molar-refractivity contribution in [2.75, 3.05) is 13.1 Å². The highest BCUT2D eigenvalue weighted by molar-refractivity contribution is 7.91. The van der Waals surface area contributed by atoms with E-state index in [1.165, 1.54) is 0 Å². The number of para-hydroxylation sites is 2. The van der Waals surface area contributed by atoms with E-state index in [4.69, 9.17) is 4.74 Å². The van der Waals surface area contributed by atoms with Crippen LogP contribution < -0.4 is 10.1 Å². The number of piperidine rings is 1. The number of sulfone groups is 1. The molecule has 2 unspecified atom stereocenters. The molecule has 128 valence electrons. The van der Waals surface area contributed by atoms with Gasteiger partial charge in [0.15, 0.2) is 0 Å². The van der Waals surface area contributed by atoms with E-state index < -0.39 is 9.84 Å². The summed E-state index contributed by atoms with van der Waals surface area (Å²) in [4.78, 5) is 7.34. The number of hydrogen-bond donors (Lipinski definition) is 2. The zero-order chi connectivity index (χ0) is 17.0. The van der Waals surface area contributed by atoms with Gasteiger partial charge in [-0.2, -0.15) is 0 Å². The van der Waals surface area contributed by atoms with Gasteiger partial charge >= 0.3 is 0 Å². The second kappa shape index (κ2) is 5.31. The van der Waals surface area contributed by atoms with E-state index >= 15 is 0 Å². The van der Waals surface area contributed by atoms with Gasteiger partial charge in [-0.15, -0.1) is 0 Å². The number of hydrogen-bond acceptors (Lipinski definition) is 5. The Kier molecular flexibility index (Phi) is 3.17. The molecule has 0 aliphatic carbocycles. The predicted octanol–water partition coefficient (Wildman–Crippen LogP) is 2.23. The number of H-pyrrole nitrogens is 1. The number of ether oxygens (including phenoxy) is 1. The van der Waals surface area contributed by atoms with Gasteiger partial charge in [-0.3, -0.25) is 0 Å². The number of aromatic amines is 1. The Balaban J connectivity index is 1.57. The summed E-state index contributed by atoms with van der Waals surface area (Å²) in [6.45, 7) is 1.76. The van der Waals surface area contributed by atoms with Crippen LogP contribution in [0.3, 0.4) is 0 Å². The van der Waals surface area contributed by atoms with Crippen molar-refractivity contribution in [1.29, 1.82) is 0 Å². The highest BCUT2D eigenvalue weighted by Crippen LogP contribution is 2.42. The third-order valence-electron chi connectivity index (χ3n) is 5.02. The summed E-state index contributed by atoms with van der Waals surface area (Å²) in [5, 5.41) is 3.28. The predicted molar refractivity (Wildman–Crippen MR) is 92.6 cm³/mol. The number of rotatable bonds is 2. The van der Waals surface area contributed by atoms with Gasteiger partial charge in [0.1, 0.15) is 11.9 Å². The molecule has 0 saturated carbocycles. The van der Waals surface area contributed by atoms with E-state index in [1.54, 1.807) is 18.2 Å². The Morgan fingerprint density at radius 1 is 1.16 bits per heavy atom. The first-order valence-electron chi connectivity index (χ1n) is 8.34. The second-order valence-corrected chi connectivity index (χ2v) is 8.38. The van der Waals surface area contributed by atoms with Gasteiger partial charge < -0.3 is 15.0 Å². The van der Waals surface area contributed by atoms with E-state index in [1.807, 2.05) is 24.3 Å². The first-order valence-corrected chi connectivity index (χ1v) is 9.82. The minimum Gasteiger partial charge on any atom is -0.488 e. The molecule has 3 aromatic rings. The molecule has 7 heteroatoms. The van der Waals surface area contributed by atoms with Crippen molar-refractivity contribution in [3.8, 4) is 5.75 Å². The summed E-state index contributed by atoms with van der Waals surface area (Å²) < 4.78 is 31.9. The lowest BCUT2D eigenvalue weighted by molar-refractivity contribution is 0.176. The van der Waals surface area contributed by atoms with Gasteiger partial charge in [-0.1, -0.05) is 18.2 Å². The Morgan fingerprint density at radius 3 is 2.92 bits per heavy atom. The molecule has 2 aliphatic heterocycles. The van der Waals surface area contributed by atoms with E-state index in [0.29, 0.717) is 22.7 Å². The van der Waals surface area contributed by atoms with Crippen LogP contribution in [0.15, 0.2) is 52.5 Å². The molecule has 25 heavy (non-hydrogen) atoms. The molecule has 1 fully saturated rings. The van der Waals surface area contributed by atoms with Gasteiger partial charge in [-0.05, 0) is 37.2 Å². The maximum absolute atomic E-state index is 13.0. The standard InChI is InChI=1S/C18H17N3O3S/c22-25(23,18-20-14-3-1-2-4-15(14)21-18)11-5-6-12-13-7-8-19-10-17(13)24-16(12)9-11/h1-6,9,13,17,19H,7-8,10H2,(H,20,21). The smallest absolute Gasteiger partial charge is 0.240 e. The summed E-state index contributed by atoms with van der Waals surface area (Å²) in [6.07, 6.45) is 1.10. The second-order valence-electron chi connectivity index (χ2n) is 6.52. The fourth-order valence-electron chi connectivity index (χ4n) is 3.73. The molecule has 0 radical (unpaired) electrons. The highest BCUT2D eigenvalue weighted by atomic mass is 32.2. The third-order valence-corrected chi connectivity index (χ3v) is 6.60. The SMILES string of the molecule is O=S(=O)(c1ccc2c(c1)OC1CNCCC21)c1nc2ccccc2[nH]1. The number of imidazole rings is 1. The number of nitrogens with one attached hydrogen (secondary N) is 2. The molecule has 2 N–H and O–H groups in total. The zero-order valence-corrected chi connectivity index (χ0v) is 14.2. The molecular weight excluding hydrogens is 338 g/mol. The van der Waals surface area contributed by atoms with Crippen molar-refractivity contribution < 1.29 is 13.2 Å². The van der Waals surface area contributed by atoms with Crippen LogP contribution in [-0.4, -0.2) is 37.6 Å². The van der Waals surface area contributed by atoms with Crippen LogP contribution in [0.2, 0.25) is 0 Å². The van der Waals surface area contributed by atoms with Gasteiger partial charge in [0, 0.05) is 18.0 Å². The fraction of sp³-hybridized carbons (Fsp3) is 0.278. The topological polar surface area (TPSA) is 84.1 Å². The lowest BCUT2D eigenvalue weighted by Crippen LogP contribution is -2.39. The Morgan fingerprint density at radius 2 is 2.04 bits per heavy atom. The van der Waals surface area contributed by atoms with Crippen LogP contribution in [0.4, 0.5) is 0 Å². The van der Waals surface area contributed by atoms with Gasteiger partial charge in [0.2, 0.25) is 15.0 Å². The van der Waals surface area contributed by atoms with Crippen LogP contribution in [-0.2, 0) is 9.84 Å². The van der Waals surface area contributed by atoms with Crippen molar-refractivity contribution in [1.82, 2.24) is 15.3 Å². The molecule has 0 spiro atoms. The summed E-state index contributed by atoms with van der Waals surface area (Å²) in [5.41, 5.74) is 2.45. The van der Waals surface area contributed by atoms with Crippen LogP contribution in [0, 0.1) is 0 Å². The van der Waals surface area contributed by atoms with E-state index in [-0.39, 0.29) is 16.2 Å². The molecule has 1 saturated heterocycles. The van der Waals surface area contributed by atoms with Gasteiger partial charge in [0.25, 0.3) is 0 Å². The molecule has 0 bridgehead atoms. The van der Waals surface area contributed by atoms with Crippen LogP contribution >= 0.6 is 0 Å². The number of benzene rings is 2. The largest absolute Gasteiger partial charge is 0.488 e. The molecule has 2 aromatic carbocycles. The molecule has 6 nitrogen and oxygen atoms in total. The molecule has 5 rings (SSSR count). The fourth-order valence-corrected chi connectivity index (χ4v) is 4.93. The minimum atomic E-state index is -3.72. The van der Waals surface area contributed by atoms with Crippen molar-refractivity contribution >= 4 is 20.9 Å². The minimum absolute atomic E-state index is 0.0364. The zero-order valence-electron chi connectivity index (χ0n) is 13.4. The first kappa shape index (κ1) is 14.9. The highest BCUT2D eigenvalue weighted by Gasteiger charge is 2.37. The van der Waals surface area contributed by atoms with Crippen LogP contribution in [0.1, 0.15) is 17.9 Å². The molecule has 2 aliphatic rings. The maximum atomic E-state index is 13.0. The van der Waals surface area contributed by atoms with E-state index in [9.17, 15) is 8.42 Å². The maximum Gasteiger partial charge on any atom is 0.240 e. The van der Waals surface area contributed by atoms with Crippen LogP contribution in [0.25, 0.3) is 11.0 Å². The number of fused-ring (bicyclic) bond motifs is 4. The summed E-state index contributed by atoms with van der Waals surface area (Å²) in [5.74, 6) is 1.02. The van der Waals surface area contributed by atoms with Gasteiger partial charge in [0.05, 0.1) is 15.9 Å². The van der Waals surface area contributed by atoms with Crippen LogP contribution in [0.5, 0.6) is 5.75 Å². The summed E-state index contributed by atoms with van der Waals surface area (Å²) in [6, 6.07) is 12.5. The monoisotopic (exact) mass is 355 g/mol. The first-order chi connectivity index (χ1) is 12.1. The van der Waals surface area contributed by atoms with Crippen molar-refractivity contribution in [3.05, 3.63) is 48.0 Å². The average molecular weight is 355 g/mol. The average Bonchev–Trinajstić information content (AvgIpc) is 3.22. The van der Waals surface area contributed by atoms with E-state index in [0.717, 1.165) is 25.1 Å². The Labute approximate surface area is 145 Å². The normalized spacial score (nSPS) is 22.4. The van der Waals surface area contributed by atoms with Crippen molar-refractivity contribution in [3.63, 3.8) is 0 Å². The number of aromatic nitrogens is 2. The molecule has 3 heterocycles. The lowest BCUT2D eigenvalue weighted by Gasteiger charge is -2.24. The van der Waals surface area contributed by atoms with E-state index in [2.05, 4.69) is 15.3 Å². The van der Waals surface area contributed by atoms with Crippen molar-refractivity contribution in [2.24, 2.45) is 0 Å². The number of nitrogens with zero attached hydrogens (tertiary/aromatic N) is 1. The Hall–Kier alpha value is -2.38. The third kappa shape index (κ3) is 2.26. The molecule has 2 atom stereocenters. The molecule has 0 amide bonds. The summed E-state index contributed by atoms with van der Waals surface area (Å²) in [7, 11) is -3.72. The summed E-state index contributed by atoms with van der Waals surface area (Å²) >= 11 is 0. The lowest BCUT2D eigenvalue weighted by atomic mass is 9.90. The molecular formula is C18H17N3O3S. The quantitative estimate of drug-likeness (QED) is 0.736. The Bertz CT molecular complexity index is 1040. The van der Waals surface area contributed by atoms with Crippen molar-refractivity contribution in [2.45, 2.75) is 28.5 Å². The molecule has 1 aromatic heterocycles.